The van der Waals surface area contributed by atoms with Gasteiger partial charge in [-0.25, -0.2) is 4.79 Å². The number of thiophene rings is 1. The Kier molecular flexibility index (Phi) is 7.13. The van der Waals surface area contributed by atoms with Crippen molar-refractivity contribution in [3.63, 3.8) is 0 Å². The molecule has 3 heterocycles. The highest BCUT2D eigenvalue weighted by molar-refractivity contribution is 7.23. The molecule has 3 aromatic rings. The van der Waals surface area contributed by atoms with Gasteiger partial charge in [0.05, 0.1) is 17.3 Å². The largest absolute Gasteiger partial charge is 0.491 e. The van der Waals surface area contributed by atoms with E-state index in [1.807, 2.05) is 24.3 Å². The van der Waals surface area contributed by atoms with Crippen molar-refractivity contribution < 1.29 is 9.53 Å². The first-order valence-corrected chi connectivity index (χ1v) is 13.3. The number of anilines is 2. The Morgan fingerprint density at radius 1 is 1.09 bits per heavy atom. The Morgan fingerprint density at radius 2 is 1.91 bits per heavy atom. The van der Waals surface area contributed by atoms with Crippen LogP contribution < -0.4 is 20.3 Å². The van der Waals surface area contributed by atoms with Gasteiger partial charge in [0.25, 0.3) is 0 Å². The average Bonchev–Trinajstić information content (AvgIpc) is 3.20. The molecule has 34 heavy (non-hydrogen) atoms. The minimum absolute atomic E-state index is 0.449. The number of hydrogen-bond acceptors (Lipinski definition) is 5. The number of urea groups is 1. The molecule has 2 N–H and O–H groups in total. The van der Waals surface area contributed by atoms with E-state index in [4.69, 9.17) is 22.1 Å². The molecule has 0 spiro atoms. The van der Waals surface area contributed by atoms with Gasteiger partial charge in [0.2, 0.25) is 0 Å². The molecule has 2 aliphatic rings. The van der Waals surface area contributed by atoms with Crippen LogP contribution in [0.2, 0.25) is 5.02 Å². The van der Waals surface area contributed by atoms with E-state index in [0.717, 1.165) is 85.9 Å². The zero-order valence-electron chi connectivity index (χ0n) is 19.3. The number of aryl methyl sites for hydroxylation is 1. The Morgan fingerprint density at radius 3 is 2.71 bits per heavy atom. The minimum Gasteiger partial charge on any atom is -0.491 e. The summed E-state index contributed by atoms with van der Waals surface area (Å²) < 4.78 is 7.08. The molecule has 1 aromatic heterocycles. The third-order valence-electron chi connectivity index (χ3n) is 6.76. The fourth-order valence-corrected chi connectivity index (χ4v) is 6.49. The standard InChI is InChI=1S/C26H31ClN4O2S/c27-23-20-9-1-2-11-22(20)34-25(23)31(26(28)32)13-4-3-12-29-14-16-30(17-15-29)21-10-5-7-19-8-6-18-33-24(19)21/h1-2,5,7,9-11H,3-4,6,8,12-18H2,(H2,28,32). The fraction of sp³-hybridized carbons (Fsp3) is 0.423. The van der Waals surface area contributed by atoms with Gasteiger partial charge in [0, 0.05) is 42.8 Å². The monoisotopic (exact) mass is 498 g/mol. The van der Waals surface area contributed by atoms with Crippen LogP contribution in [-0.4, -0.2) is 56.8 Å². The first kappa shape index (κ1) is 23.3. The van der Waals surface area contributed by atoms with E-state index >= 15 is 0 Å². The summed E-state index contributed by atoms with van der Waals surface area (Å²) in [7, 11) is 0. The van der Waals surface area contributed by atoms with E-state index in [2.05, 4.69) is 28.0 Å². The second-order valence-corrected chi connectivity index (χ2v) is 10.4. The smallest absolute Gasteiger partial charge is 0.319 e. The van der Waals surface area contributed by atoms with Crippen molar-refractivity contribution in [3.8, 4) is 5.75 Å². The first-order valence-electron chi connectivity index (χ1n) is 12.1. The molecule has 0 atom stereocenters. The van der Waals surface area contributed by atoms with Crippen molar-refractivity contribution in [1.82, 2.24) is 4.90 Å². The number of nitrogens with zero attached hydrogens (tertiary/aromatic N) is 3. The Labute approximate surface area is 209 Å². The van der Waals surface area contributed by atoms with Crippen LogP contribution in [0.15, 0.2) is 42.5 Å². The Balaban J connectivity index is 1.12. The molecular weight excluding hydrogens is 468 g/mol. The van der Waals surface area contributed by atoms with Crippen molar-refractivity contribution in [1.29, 1.82) is 0 Å². The van der Waals surface area contributed by atoms with Gasteiger partial charge in [-0.15, -0.1) is 11.3 Å². The molecule has 2 amide bonds. The number of halogens is 1. The number of benzene rings is 2. The lowest BCUT2D eigenvalue weighted by atomic mass is 10.0. The van der Waals surface area contributed by atoms with Crippen LogP contribution in [0.3, 0.4) is 0 Å². The molecular formula is C26H31ClN4O2S. The van der Waals surface area contributed by atoms with E-state index in [1.54, 1.807) is 4.90 Å². The van der Waals surface area contributed by atoms with Crippen molar-refractivity contribution in [3.05, 3.63) is 53.1 Å². The van der Waals surface area contributed by atoms with Crippen LogP contribution in [-0.2, 0) is 6.42 Å². The molecule has 1 fully saturated rings. The molecule has 1 saturated heterocycles. The molecule has 0 radical (unpaired) electrons. The van der Waals surface area contributed by atoms with Crippen LogP contribution in [0.25, 0.3) is 10.1 Å². The number of para-hydroxylation sites is 1. The zero-order chi connectivity index (χ0) is 23.5. The number of carbonyl (C=O) groups is 1. The quantitative estimate of drug-likeness (QED) is 0.445. The summed E-state index contributed by atoms with van der Waals surface area (Å²) in [6.45, 7) is 6.49. The molecule has 0 aliphatic carbocycles. The summed E-state index contributed by atoms with van der Waals surface area (Å²) in [6.07, 6.45) is 4.11. The summed E-state index contributed by atoms with van der Waals surface area (Å²) in [5.41, 5.74) is 8.29. The van der Waals surface area contributed by atoms with Crippen LogP contribution in [0.4, 0.5) is 15.5 Å². The number of hydrogen-bond donors (Lipinski definition) is 1. The lowest BCUT2D eigenvalue weighted by Gasteiger charge is -2.37. The second-order valence-electron chi connectivity index (χ2n) is 8.96. The van der Waals surface area contributed by atoms with E-state index in [-0.39, 0.29) is 0 Å². The number of rotatable bonds is 7. The lowest BCUT2D eigenvalue weighted by Crippen LogP contribution is -2.47. The topological polar surface area (TPSA) is 62.0 Å². The summed E-state index contributed by atoms with van der Waals surface area (Å²) in [4.78, 5) is 18.8. The predicted molar refractivity (Wildman–Crippen MR) is 142 cm³/mol. The van der Waals surface area contributed by atoms with Crippen molar-refractivity contribution in [2.45, 2.75) is 25.7 Å². The maximum Gasteiger partial charge on any atom is 0.319 e. The summed E-state index contributed by atoms with van der Waals surface area (Å²) in [5, 5.41) is 2.33. The molecule has 2 aromatic carbocycles. The van der Waals surface area contributed by atoms with Gasteiger partial charge in [-0.05, 0) is 49.9 Å². The Hall–Kier alpha value is -2.48. The first-order chi connectivity index (χ1) is 16.6. The van der Waals surface area contributed by atoms with Crippen LogP contribution in [0.1, 0.15) is 24.8 Å². The van der Waals surface area contributed by atoms with Gasteiger partial charge in [-0.2, -0.15) is 0 Å². The lowest BCUT2D eigenvalue weighted by molar-refractivity contribution is 0.247. The number of nitrogens with two attached hydrogens (primary N) is 1. The van der Waals surface area contributed by atoms with Crippen molar-refractivity contribution in [2.75, 3.05) is 55.7 Å². The number of unbranched alkanes of at least 4 members (excludes halogenated alkanes) is 1. The van der Waals surface area contributed by atoms with E-state index in [9.17, 15) is 4.79 Å². The number of carbonyl (C=O) groups excluding carboxylic acids is 1. The van der Waals surface area contributed by atoms with Gasteiger partial charge in [-0.1, -0.05) is 41.9 Å². The molecule has 5 rings (SSSR count). The number of primary amides is 1. The van der Waals surface area contributed by atoms with E-state index in [0.29, 0.717) is 11.6 Å². The highest BCUT2D eigenvalue weighted by Crippen LogP contribution is 2.42. The molecule has 180 valence electrons. The van der Waals surface area contributed by atoms with E-state index < -0.39 is 6.03 Å². The predicted octanol–water partition coefficient (Wildman–Crippen LogP) is 5.37. The molecule has 0 saturated carbocycles. The van der Waals surface area contributed by atoms with Crippen LogP contribution >= 0.6 is 22.9 Å². The number of ether oxygens (including phenoxy) is 1. The zero-order valence-corrected chi connectivity index (χ0v) is 20.9. The van der Waals surface area contributed by atoms with E-state index in [1.165, 1.54) is 22.6 Å². The molecule has 6 nitrogen and oxygen atoms in total. The summed E-state index contributed by atoms with van der Waals surface area (Å²) in [5.74, 6) is 1.09. The summed E-state index contributed by atoms with van der Waals surface area (Å²) >= 11 is 8.10. The van der Waals surface area contributed by atoms with Crippen molar-refractivity contribution >= 4 is 49.7 Å². The fourth-order valence-electron chi connectivity index (χ4n) is 4.92. The number of piperazine rings is 1. The van der Waals surface area contributed by atoms with Crippen LogP contribution in [0, 0.1) is 0 Å². The molecule has 8 heteroatoms. The van der Waals surface area contributed by atoms with Crippen molar-refractivity contribution in [2.24, 2.45) is 5.73 Å². The Bertz CT molecular complexity index is 1160. The second kappa shape index (κ2) is 10.4. The highest BCUT2D eigenvalue weighted by atomic mass is 35.5. The summed E-state index contributed by atoms with van der Waals surface area (Å²) in [6, 6.07) is 14.0. The maximum atomic E-state index is 12.2. The maximum absolute atomic E-state index is 12.2. The van der Waals surface area contributed by atoms with Gasteiger partial charge in [0.15, 0.2) is 0 Å². The van der Waals surface area contributed by atoms with Gasteiger partial charge < -0.3 is 15.4 Å². The van der Waals surface area contributed by atoms with Gasteiger partial charge in [-0.3, -0.25) is 9.80 Å². The van der Waals surface area contributed by atoms with Gasteiger partial charge >= 0.3 is 6.03 Å². The average molecular weight is 499 g/mol. The molecule has 0 bridgehead atoms. The highest BCUT2D eigenvalue weighted by Gasteiger charge is 2.23. The SMILES string of the molecule is NC(=O)N(CCCCN1CCN(c2cccc3c2OCCC3)CC1)c1sc2ccccc2c1Cl. The van der Waals surface area contributed by atoms with Gasteiger partial charge in [0.1, 0.15) is 10.8 Å². The third kappa shape index (κ3) is 4.83. The third-order valence-corrected chi connectivity index (χ3v) is 8.45. The number of fused-ring (bicyclic) bond motifs is 2. The normalized spacial score (nSPS) is 16.3. The molecule has 0 unspecified atom stereocenters. The number of amides is 2. The van der Waals surface area contributed by atoms with Crippen LogP contribution in [0.5, 0.6) is 5.75 Å². The molecule has 2 aliphatic heterocycles. The minimum atomic E-state index is -0.449.